The maximum Gasteiger partial charge on any atom is 0.116 e. The molecule has 5 nitrogen and oxygen atoms in total. The van der Waals surface area contributed by atoms with Crippen molar-refractivity contribution in [3.8, 4) is 11.4 Å². The molecule has 1 saturated heterocycles. The molecule has 0 radical (unpaired) electrons. The highest BCUT2D eigenvalue weighted by Gasteiger charge is 2.15. The van der Waals surface area contributed by atoms with Gasteiger partial charge in [0.25, 0.3) is 0 Å². The molecule has 0 bridgehead atoms. The van der Waals surface area contributed by atoms with Crippen molar-refractivity contribution in [3.05, 3.63) is 54.1 Å². The molecule has 26 heavy (non-hydrogen) atoms. The molecule has 4 aromatic rings. The average molecular weight is 346 g/mol. The molecule has 2 aromatic carbocycles. The summed E-state index contributed by atoms with van der Waals surface area (Å²) in [6.45, 7) is 3.71. The molecule has 5 heteroatoms. The number of fused-ring (bicyclic) bond motifs is 2. The van der Waals surface area contributed by atoms with Crippen LogP contribution >= 0.6 is 0 Å². The Balaban J connectivity index is 1.37. The van der Waals surface area contributed by atoms with Crippen molar-refractivity contribution < 1.29 is 4.74 Å². The van der Waals surface area contributed by atoms with Crippen LogP contribution in [-0.4, -0.2) is 34.9 Å². The molecule has 3 N–H and O–H groups in total. The summed E-state index contributed by atoms with van der Waals surface area (Å²) < 4.78 is 5.43. The van der Waals surface area contributed by atoms with E-state index in [1.807, 2.05) is 18.2 Å². The van der Waals surface area contributed by atoms with Gasteiger partial charge in [0.05, 0.1) is 17.8 Å². The molecule has 3 heterocycles. The zero-order valence-corrected chi connectivity index (χ0v) is 14.6. The van der Waals surface area contributed by atoms with Gasteiger partial charge in [-0.1, -0.05) is 24.3 Å². The van der Waals surface area contributed by atoms with Crippen LogP contribution < -0.4 is 5.32 Å². The Hall–Kier alpha value is -2.63. The highest BCUT2D eigenvalue weighted by Crippen LogP contribution is 2.28. The Morgan fingerprint density at radius 3 is 3.00 bits per heavy atom. The van der Waals surface area contributed by atoms with Gasteiger partial charge in [-0.05, 0) is 42.2 Å². The zero-order valence-electron chi connectivity index (χ0n) is 14.6. The predicted octanol–water partition coefficient (Wildman–Crippen LogP) is 3.84. The van der Waals surface area contributed by atoms with E-state index in [0.717, 1.165) is 54.1 Å². The normalized spacial score (nSPS) is 17.5. The van der Waals surface area contributed by atoms with Crippen molar-refractivity contribution in [1.82, 2.24) is 20.5 Å². The molecule has 1 aliphatic heterocycles. The lowest BCUT2D eigenvalue weighted by atomic mass is 10.1. The number of ether oxygens (including phenoxy) is 1. The summed E-state index contributed by atoms with van der Waals surface area (Å²) in [6.07, 6.45) is 1.17. The number of aromatic amines is 2. The fourth-order valence-electron chi connectivity index (χ4n) is 3.75. The molecule has 0 spiro atoms. The van der Waals surface area contributed by atoms with Gasteiger partial charge in [0.15, 0.2) is 0 Å². The van der Waals surface area contributed by atoms with E-state index in [4.69, 9.17) is 4.74 Å². The van der Waals surface area contributed by atoms with Crippen LogP contribution in [-0.2, 0) is 11.3 Å². The minimum atomic E-state index is 0.658. The van der Waals surface area contributed by atoms with Crippen LogP contribution in [0.2, 0.25) is 0 Å². The third-order valence-corrected chi connectivity index (χ3v) is 5.20. The molecule has 1 fully saturated rings. The standard InChI is InChI=1S/C21H22N4O/c1-2-4-19-17(3-1)21(25-24-19)20-10-16-9-14(5-6-18(16)23-20)11-22-12-15-7-8-26-13-15/h1-6,9-10,15,22-23H,7-8,11-13H2,(H,24,25). The number of benzene rings is 2. The summed E-state index contributed by atoms with van der Waals surface area (Å²) in [5, 5.41) is 13.5. The Kier molecular flexibility index (Phi) is 3.96. The summed E-state index contributed by atoms with van der Waals surface area (Å²) in [5.41, 5.74) is 5.51. The third-order valence-electron chi connectivity index (χ3n) is 5.20. The number of rotatable bonds is 5. The fraction of sp³-hybridized carbons (Fsp3) is 0.286. The van der Waals surface area contributed by atoms with Gasteiger partial charge >= 0.3 is 0 Å². The summed E-state index contributed by atoms with van der Waals surface area (Å²) in [7, 11) is 0. The van der Waals surface area contributed by atoms with Gasteiger partial charge in [-0.25, -0.2) is 0 Å². The van der Waals surface area contributed by atoms with Gasteiger partial charge in [0, 0.05) is 36.0 Å². The third kappa shape index (κ3) is 2.89. The van der Waals surface area contributed by atoms with Crippen molar-refractivity contribution in [3.63, 3.8) is 0 Å². The predicted molar refractivity (Wildman–Crippen MR) is 104 cm³/mol. The number of hydrogen-bond donors (Lipinski definition) is 3. The second-order valence-corrected chi connectivity index (χ2v) is 7.08. The van der Waals surface area contributed by atoms with Crippen LogP contribution in [0.5, 0.6) is 0 Å². The molecule has 5 rings (SSSR count). The molecule has 0 aliphatic carbocycles. The molecule has 1 atom stereocenters. The lowest BCUT2D eigenvalue weighted by Gasteiger charge is -2.09. The van der Waals surface area contributed by atoms with E-state index in [0.29, 0.717) is 5.92 Å². The maximum absolute atomic E-state index is 5.43. The van der Waals surface area contributed by atoms with E-state index in [1.165, 1.54) is 17.4 Å². The number of nitrogens with one attached hydrogen (secondary N) is 3. The van der Waals surface area contributed by atoms with Crippen molar-refractivity contribution in [2.75, 3.05) is 19.8 Å². The first-order valence-corrected chi connectivity index (χ1v) is 9.20. The van der Waals surface area contributed by atoms with E-state index >= 15 is 0 Å². The highest BCUT2D eigenvalue weighted by molar-refractivity contribution is 5.95. The maximum atomic E-state index is 5.43. The van der Waals surface area contributed by atoms with Gasteiger partial charge < -0.3 is 15.0 Å². The van der Waals surface area contributed by atoms with Crippen LogP contribution in [0.1, 0.15) is 12.0 Å². The number of H-pyrrole nitrogens is 2. The topological polar surface area (TPSA) is 65.7 Å². The van der Waals surface area contributed by atoms with Crippen molar-refractivity contribution in [2.24, 2.45) is 5.92 Å². The van der Waals surface area contributed by atoms with Crippen LogP contribution in [0, 0.1) is 5.92 Å². The Morgan fingerprint density at radius 1 is 1.12 bits per heavy atom. The molecule has 0 saturated carbocycles. The Morgan fingerprint density at radius 2 is 2.08 bits per heavy atom. The summed E-state index contributed by atoms with van der Waals surface area (Å²) in [5.74, 6) is 0.658. The number of hydrogen-bond acceptors (Lipinski definition) is 3. The smallest absolute Gasteiger partial charge is 0.116 e. The van der Waals surface area contributed by atoms with Gasteiger partial charge in [-0.15, -0.1) is 0 Å². The highest BCUT2D eigenvalue weighted by atomic mass is 16.5. The molecule has 0 amide bonds. The van der Waals surface area contributed by atoms with Gasteiger partial charge in [0.2, 0.25) is 0 Å². The van der Waals surface area contributed by atoms with Crippen LogP contribution in [0.4, 0.5) is 0 Å². The molecule has 1 aliphatic rings. The summed E-state index contributed by atoms with van der Waals surface area (Å²) in [4.78, 5) is 3.50. The summed E-state index contributed by atoms with van der Waals surface area (Å²) >= 11 is 0. The van der Waals surface area contributed by atoms with Crippen molar-refractivity contribution in [2.45, 2.75) is 13.0 Å². The first-order chi connectivity index (χ1) is 12.9. The molecule has 1 unspecified atom stereocenters. The lowest BCUT2D eigenvalue weighted by molar-refractivity contribution is 0.185. The lowest BCUT2D eigenvalue weighted by Crippen LogP contribution is -2.22. The van der Waals surface area contributed by atoms with Gasteiger partial charge in [-0.2, -0.15) is 5.10 Å². The quantitative estimate of drug-likeness (QED) is 0.514. The molecular weight excluding hydrogens is 324 g/mol. The zero-order chi connectivity index (χ0) is 17.3. The SMILES string of the molecule is c1ccc2c(-c3cc4cc(CNCC5CCOC5)ccc4[nH]3)n[nH]c2c1. The van der Waals surface area contributed by atoms with Crippen LogP contribution in [0.3, 0.4) is 0 Å². The second-order valence-electron chi connectivity index (χ2n) is 7.08. The van der Waals surface area contributed by atoms with Gasteiger partial charge in [0.1, 0.15) is 5.69 Å². The average Bonchev–Trinajstić information content (AvgIpc) is 3.40. The Labute approximate surface area is 151 Å². The minimum Gasteiger partial charge on any atom is -0.381 e. The molecule has 132 valence electrons. The fourth-order valence-corrected chi connectivity index (χ4v) is 3.75. The number of para-hydroxylation sites is 1. The van der Waals surface area contributed by atoms with Crippen molar-refractivity contribution in [1.29, 1.82) is 0 Å². The molecule has 2 aromatic heterocycles. The van der Waals surface area contributed by atoms with E-state index in [9.17, 15) is 0 Å². The summed E-state index contributed by atoms with van der Waals surface area (Å²) in [6, 6.07) is 17.0. The first-order valence-electron chi connectivity index (χ1n) is 9.20. The first kappa shape index (κ1) is 15.6. The van der Waals surface area contributed by atoms with E-state index in [1.54, 1.807) is 0 Å². The van der Waals surface area contributed by atoms with E-state index in [-0.39, 0.29) is 0 Å². The largest absolute Gasteiger partial charge is 0.381 e. The van der Waals surface area contributed by atoms with E-state index in [2.05, 4.69) is 50.8 Å². The van der Waals surface area contributed by atoms with Crippen LogP contribution in [0.25, 0.3) is 33.2 Å². The number of aromatic nitrogens is 3. The van der Waals surface area contributed by atoms with Gasteiger partial charge in [-0.3, -0.25) is 5.10 Å². The minimum absolute atomic E-state index is 0.658. The van der Waals surface area contributed by atoms with Crippen LogP contribution in [0.15, 0.2) is 48.5 Å². The van der Waals surface area contributed by atoms with E-state index < -0.39 is 0 Å². The molecular formula is C21H22N4O. The monoisotopic (exact) mass is 346 g/mol. The Bertz CT molecular complexity index is 1040. The number of nitrogens with zero attached hydrogens (tertiary/aromatic N) is 1. The second kappa shape index (κ2) is 6.59. The van der Waals surface area contributed by atoms with Crippen molar-refractivity contribution >= 4 is 21.8 Å².